The molecule has 0 fully saturated rings. The molecule has 1 amide bonds. The molecular formula is C24H28N2O3. The van der Waals surface area contributed by atoms with E-state index in [2.05, 4.69) is 61.1 Å². The number of fused-ring (bicyclic) bond motifs is 2. The van der Waals surface area contributed by atoms with Gasteiger partial charge in [-0.1, -0.05) is 38.1 Å². The largest absolute Gasteiger partial charge is 0.454 e. The van der Waals surface area contributed by atoms with Crippen LogP contribution in [0.4, 0.5) is 0 Å². The van der Waals surface area contributed by atoms with Crippen LogP contribution >= 0.6 is 0 Å². The van der Waals surface area contributed by atoms with Crippen molar-refractivity contribution >= 4 is 16.8 Å². The first-order valence-corrected chi connectivity index (χ1v) is 10.3. The molecule has 4 rings (SSSR count). The standard InChI is InChI=1S/C24H28N2O3/c1-4-26-14-20(18-7-5-6-8-21(18)26)19(12-24(27)25-13-16(2)3)17-9-10-22-23(11-17)29-15-28-22/h5-11,14,16,19H,4,12-13,15H2,1-3H3,(H,25,27). The number of nitrogens with zero attached hydrogens (tertiary/aromatic N) is 1. The quantitative estimate of drug-likeness (QED) is 0.635. The summed E-state index contributed by atoms with van der Waals surface area (Å²) in [6, 6.07) is 14.4. The van der Waals surface area contributed by atoms with Gasteiger partial charge in [0.25, 0.3) is 0 Å². The Morgan fingerprint density at radius 1 is 1.14 bits per heavy atom. The second-order valence-corrected chi connectivity index (χ2v) is 7.95. The topological polar surface area (TPSA) is 52.5 Å². The van der Waals surface area contributed by atoms with E-state index in [1.54, 1.807) is 0 Å². The second kappa shape index (κ2) is 8.19. The maximum Gasteiger partial charge on any atom is 0.231 e. The number of hydrogen-bond acceptors (Lipinski definition) is 3. The Morgan fingerprint density at radius 2 is 1.93 bits per heavy atom. The van der Waals surface area contributed by atoms with E-state index in [9.17, 15) is 4.79 Å². The molecule has 1 unspecified atom stereocenters. The van der Waals surface area contributed by atoms with Crippen LogP contribution in [0.25, 0.3) is 10.9 Å². The van der Waals surface area contributed by atoms with E-state index < -0.39 is 0 Å². The van der Waals surface area contributed by atoms with Gasteiger partial charge in [-0.2, -0.15) is 0 Å². The molecule has 1 N–H and O–H groups in total. The van der Waals surface area contributed by atoms with Crippen molar-refractivity contribution in [1.82, 2.24) is 9.88 Å². The maximum atomic E-state index is 12.8. The van der Waals surface area contributed by atoms with E-state index in [0.717, 1.165) is 23.6 Å². The molecule has 29 heavy (non-hydrogen) atoms. The van der Waals surface area contributed by atoms with Crippen LogP contribution in [0, 0.1) is 5.92 Å². The summed E-state index contributed by atoms with van der Waals surface area (Å²) in [6.45, 7) is 8.15. The molecule has 1 atom stereocenters. The predicted octanol–water partition coefficient (Wildman–Crippen LogP) is 4.68. The van der Waals surface area contributed by atoms with Crippen molar-refractivity contribution in [3.63, 3.8) is 0 Å². The fourth-order valence-electron chi connectivity index (χ4n) is 3.93. The monoisotopic (exact) mass is 392 g/mol. The molecule has 1 aliphatic heterocycles. The van der Waals surface area contributed by atoms with Crippen molar-refractivity contribution in [3.8, 4) is 11.5 Å². The number of aryl methyl sites for hydroxylation is 1. The Kier molecular flexibility index (Phi) is 5.47. The lowest BCUT2D eigenvalue weighted by Gasteiger charge is -2.18. The third kappa shape index (κ3) is 3.95. The van der Waals surface area contributed by atoms with Crippen molar-refractivity contribution in [2.45, 2.75) is 39.7 Å². The minimum Gasteiger partial charge on any atom is -0.454 e. The highest BCUT2D eigenvalue weighted by Crippen LogP contribution is 2.40. The smallest absolute Gasteiger partial charge is 0.231 e. The van der Waals surface area contributed by atoms with Gasteiger partial charge in [0.15, 0.2) is 11.5 Å². The highest BCUT2D eigenvalue weighted by molar-refractivity contribution is 5.86. The van der Waals surface area contributed by atoms with Gasteiger partial charge in [0.1, 0.15) is 0 Å². The minimum absolute atomic E-state index is 0.0608. The second-order valence-electron chi connectivity index (χ2n) is 7.95. The van der Waals surface area contributed by atoms with Gasteiger partial charge in [-0.3, -0.25) is 4.79 Å². The molecule has 0 aliphatic carbocycles. The summed E-state index contributed by atoms with van der Waals surface area (Å²) in [6.07, 6.45) is 2.58. The molecule has 2 heterocycles. The fourth-order valence-corrected chi connectivity index (χ4v) is 3.93. The van der Waals surface area contributed by atoms with Crippen molar-refractivity contribution in [1.29, 1.82) is 0 Å². The van der Waals surface area contributed by atoms with E-state index in [1.165, 1.54) is 16.5 Å². The molecule has 0 radical (unpaired) electrons. The predicted molar refractivity (Wildman–Crippen MR) is 114 cm³/mol. The zero-order valence-corrected chi connectivity index (χ0v) is 17.3. The van der Waals surface area contributed by atoms with Crippen LogP contribution in [0.1, 0.15) is 44.2 Å². The normalized spacial score (nSPS) is 13.8. The first-order valence-electron chi connectivity index (χ1n) is 10.3. The lowest BCUT2D eigenvalue weighted by molar-refractivity contribution is -0.121. The average Bonchev–Trinajstić information content (AvgIpc) is 3.34. The number of aromatic nitrogens is 1. The summed E-state index contributed by atoms with van der Waals surface area (Å²) >= 11 is 0. The van der Waals surface area contributed by atoms with Crippen LogP contribution in [0.5, 0.6) is 11.5 Å². The van der Waals surface area contributed by atoms with Crippen LogP contribution in [0.3, 0.4) is 0 Å². The molecule has 0 saturated carbocycles. The summed E-state index contributed by atoms with van der Waals surface area (Å²) in [7, 11) is 0. The first-order chi connectivity index (χ1) is 14.1. The highest BCUT2D eigenvalue weighted by atomic mass is 16.7. The van der Waals surface area contributed by atoms with E-state index in [4.69, 9.17) is 9.47 Å². The molecule has 1 aromatic heterocycles. The van der Waals surface area contributed by atoms with E-state index in [-0.39, 0.29) is 18.6 Å². The van der Waals surface area contributed by atoms with Gasteiger partial charge >= 0.3 is 0 Å². The molecule has 5 nitrogen and oxygen atoms in total. The summed E-state index contributed by atoms with van der Waals surface area (Å²) in [5.74, 6) is 1.93. The highest BCUT2D eigenvalue weighted by Gasteiger charge is 2.25. The Morgan fingerprint density at radius 3 is 2.72 bits per heavy atom. The fraction of sp³-hybridized carbons (Fsp3) is 0.375. The molecule has 3 aromatic rings. The lowest BCUT2D eigenvalue weighted by Crippen LogP contribution is -2.28. The molecule has 0 bridgehead atoms. The molecule has 0 spiro atoms. The third-order valence-electron chi connectivity index (χ3n) is 5.43. The van der Waals surface area contributed by atoms with Crippen molar-refractivity contribution < 1.29 is 14.3 Å². The van der Waals surface area contributed by atoms with Crippen LogP contribution < -0.4 is 14.8 Å². The summed E-state index contributed by atoms with van der Waals surface area (Å²) < 4.78 is 13.3. The average molecular weight is 392 g/mol. The number of ether oxygens (including phenoxy) is 2. The number of hydrogen-bond donors (Lipinski definition) is 1. The Hall–Kier alpha value is -2.95. The van der Waals surface area contributed by atoms with Crippen molar-refractivity contribution in [2.75, 3.05) is 13.3 Å². The first kappa shape index (κ1) is 19.4. The van der Waals surface area contributed by atoms with Gasteiger partial charge in [0, 0.05) is 42.5 Å². The van der Waals surface area contributed by atoms with Gasteiger partial charge in [-0.25, -0.2) is 0 Å². The summed E-state index contributed by atoms with van der Waals surface area (Å²) in [4.78, 5) is 12.8. The summed E-state index contributed by atoms with van der Waals surface area (Å²) in [5.41, 5.74) is 3.42. The van der Waals surface area contributed by atoms with Gasteiger partial charge < -0.3 is 19.4 Å². The van der Waals surface area contributed by atoms with E-state index in [1.807, 2.05) is 18.2 Å². The molecule has 152 valence electrons. The Balaban J connectivity index is 1.75. The van der Waals surface area contributed by atoms with Gasteiger partial charge in [0.2, 0.25) is 12.7 Å². The van der Waals surface area contributed by atoms with Crippen LogP contribution in [0.2, 0.25) is 0 Å². The van der Waals surface area contributed by atoms with E-state index >= 15 is 0 Å². The molecule has 5 heteroatoms. The summed E-state index contributed by atoms with van der Waals surface area (Å²) in [5, 5.41) is 4.26. The van der Waals surface area contributed by atoms with Gasteiger partial charge in [-0.05, 0) is 42.2 Å². The zero-order valence-electron chi connectivity index (χ0n) is 17.3. The minimum atomic E-state index is -0.0608. The number of para-hydroxylation sites is 1. The van der Waals surface area contributed by atoms with Gasteiger partial charge in [-0.15, -0.1) is 0 Å². The van der Waals surface area contributed by atoms with E-state index in [0.29, 0.717) is 18.9 Å². The maximum absolute atomic E-state index is 12.8. The van der Waals surface area contributed by atoms with Crippen LogP contribution in [-0.2, 0) is 11.3 Å². The number of carbonyl (C=O) groups excluding carboxylic acids is 1. The number of amides is 1. The zero-order chi connectivity index (χ0) is 20.4. The molecule has 1 aliphatic rings. The molecular weight excluding hydrogens is 364 g/mol. The molecule has 0 saturated heterocycles. The Bertz CT molecular complexity index is 1020. The van der Waals surface area contributed by atoms with Crippen LogP contribution in [-0.4, -0.2) is 23.8 Å². The third-order valence-corrected chi connectivity index (χ3v) is 5.43. The van der Waals surface area contributed by atoms with Crippen molar-refractivity contribution in [3.05, 3.63) is 59.8 Å². The Labute approximate surface area is 171 Å². The SMILES string of the molecule is CCn1cc(C(CC(=O)NCC(C)C)c2ccc3c(c2)OCO3)c2ccccc21. The lowest BCUT2D eigenvalue weighted by atomic mass is 9.87. The van der Waals surface area contributed by atoms with Crippen molar-refractivity contribution in [2.24, 2.45) is 5.92 Å². The van der Waals surface area contributed by atoms with Gasteiger partial charge in [0.05, 0.1) is 0 Å². The number of rotatable bonds is 7. The number of benzene rings is 2. The molecule has 2 aromatic carbocycles. The number of carbonyl (C=O) groups is 1. The van der Waals surface area contributed by atoms with Crippen LogP contribution in [0.15, 0.2) is 48.7 Å². The number of nitrogens with one attached hydrogen (secondary N) is 1.